The number of amides is 2. The molecule has 1 N–H and O–H groups in total. The predicted molar refractivity (Wildman–Crippen MR) is 68.5 cm³/mol. The lowest BCUT2D eigenvalue weighted by atomic mass is 10.2. The summed E-state index contributed by atoms with van der Waals surface area (Å²) in [6.45, 7) is 8.85. The number of nitrogens with zero attached hydrogens (tertiary/aromatic N) is 3. The molecule has 6 nitrogen and oxygen atoms in total. The fraction of sp³-hybridized carbons (Fsp3) is 0.833. The van der Waals surface area contributed by atoms with E-state index in [1.165, 1.54) is 18.9 Å². The van der Waals surface area contributed by atoms with Crippen LogP contribution in [0.3, 0.4) is 0 Å². The van der Waals surface area contributed by atoms with Crippen LogP contribution in [0.25, 0.3) is 0 Å². The maximum absolute atomic E-state index is 12.2. The maximum Gasteiger partial charge on any atom is 0.326 e. The van der Waals surface area contributed by atoms with Gasteiger partial charge in [0, 0.05) is 32.7 Å². The van der Waals surface area contributed by atoms with Crippen LogP contribution in [-0.4, -0.2) is 77.1 Å². The van der Waals surface area contributed by atoms with Crippen molar-refractivity contribution < 1.29 is 14.7 Å². The number of carboxylic acid groups (broad SMARTS) is 1. The average molecular weight is 257 g/mol. The Labute approximate surface area is 108 Å². The van der Waals surface area contributed by atoms with Gasteiger partial charge in [-0.3, -0.25) is 4.90 Å². The second-order valence-electron chi connectivity index (χ2n) is 4.83. The number of likely N-dealkylation sites (N-methyl/N-ethyl adjacent to an activating group) is 2. The quantitative estimate of drug-likeness (QED) is 0.801. The first-order valence-corrected chi connectivity index (χ1v) is 6.37. The SMILES string of the molecule is CCN1CCN(C(=O)N(C)C(C)C(=O)O)CC1C. The summed E-state index contributed by atoms with van der Waals surface area (Å²) < 4.78 is 0. The van der Waals surface area contributed by atoms with Crippen LogP contribution in [0.15, 0.2) is 0 Å². The van der Waals surface area contributed by atoms with E-state index < -0.39 is 12.0 Å². The van der Waals surface area contributed by atoms with E-state index in [0.29, 0.717) is 19.1 Å². The van der Waals surface area contributed by atoms with Gasteiger partial charge in [0.25, 0.3) is 0 Å². The van der Waals surface area contributed by atoms with Gasteiger partial charge in [-0.2, -0.15) is 0 Å². The fourth-order valence-corrected chi connectivity index (χ4v) is 2.19. The van der Waals surface area contributed by atoms with E-state index in [2.05, 4.69) is 18.7 Å². The Hall–Kier alpha value is -1.30. The number of piperazine rings is 1. The molecule has 6 heteroatoms. The molecule has 0 aromatic rings. The normalized spacial score (nSPS) is 22.7. The van der Waals surface area contributed by atoms with E-state index in [4.69, 9.17) is 5.11 Å². The van der Waals surface area contributed by atoms with Crippen LogP contribution in [0.2, 0.25) is 0 Å². The number of carbonyl (C=O) groups excluding carboxylic acids is 1. The van der Waals surface area contributed by atoms with Gasteiger partial charge in [-0.25, -0.2) is 9.59 Å². The Balaban J connectivity index is 2.61. The van der Waals surface area contributed by atoms with E-state index in [-0.39, 0.29) is 6.03 Å². The summed E-state index contributed by atoms with van der Waals surface area (Å²) in [6, 6.07) is -0.675. The molecule has 0 saturated carbocycles. The summed E-state index contributed by atoms with van der Waals surface area (Å²) >= 11 is 0. The van der Waals surface area contributed by atoms with Gasteiger partial charge in [-0.15, -0.1) is 0 Å². The summed E-state index contributed by atoms with van der Waals surface area (Å²) in [5.74, 6) is -0.980. The second-order valence-corrected chi connectivity index (χ2v) is 4.83. The van der Waals surface area contributed by atoms with Crippen molar-refractivity contribution in [1.29, 1.82) is 0 Å². The topological polar surface area (TPSA) is 64.1 Å². The molecule has 0 radical (unpaired) electrons. The highest BCUT2D eigenvalue weighted by Gasteiger charge is 2.30. The summed E-state index contributed by atoms with van der Waals surface area (Å²) in [6.07, 6.45) is 0. The van der Waals surface area contributed by atoms with Gasteiger partial charge in [0.05, 0.1) is 0 Å². The van der Waals surface area contributed by atoms with Crippen molar-refractivity contribution in [2.75, 3.05) is 33.2 Å². The van der Waals surface area contributed by atoms with Gasteiger partial charge in [0.1, 0.15) is 6.04 Å². The van der Waals surface area contributed by atoms with Crippen LogP contribution in [0.1, 0.15) is 20.8 Å². The molecular weight excluding hydrogens is 234 g/mol. The first-order chi connectivity index (χ1) is 8.38. The van der Waals surface area contributed by atoms with E-state index >= 15 is 0 Å². The molecular formula is C12H23N3O3. The van der Waals surface area contributed by atoms with E-state index in [1.807, 2.05) is 0 Å². The first kappa shape index (κ1) is 14.8. The zero-order chi connectivity index (χ0) is 13.9. The molecule has 1 fully saturated rings. The van der Waals surface area contributed by atoms with Crippen molar-refractivity contribution in [1.82, 2.24) is 14.7 Å². The van der Waals surface area contributed by atoms with Crippen LogP contribution in [0, 0.1) is 0 Å². The largest absolute Gasteiger partial charge is 0.480 e. The molecule has 1 rings (SSSR count). The van der Waals surface area contributed by atoms with Crippen LogP contribution in [0.4, 0.5) is 4.79 Å². The number of carbonyl (C=O) groups is 2. The highest BCUT2D eigenvalue weighted by Crippen LogP contribution is 2.12. The zero-order valence-corrected chi connectivity index (χ0v) is 11.6. The minimum absolute atomic E-state index is 0.201. The molecule has 0 aliphatic carbocycles. The molecule has 18 heavy (non-hydrogen) atoms. The van der Waals surface area contributed by atoms with E-state index in [0.717, 1.165) is 13.1 Å². The first-order valence-electron chi connectivity index (χ1n) is 6.37. The predicted octanol–water partition coefficient (Wildman–Crippen LogP) is 0.537. The molecule has 2 atom stereocenters. The lowest BCUT2D eigenvalue weighted by Gasteiger charge is -2.41. The minimum Gasteiger partial charge on any atom is -0.480 e. The van der Waals surface area contributed by atoms with Gasteiger partial charge < -0.3 is 14.9 Å². The van der Waals surface area contributed by atoms with Gasteiger partial charge in [-0.05, 0) is 20.4 Å². The molecule has 1 saturated heterocycles. The van der Waals surface area contributed by atoms with E-state index in [1.54, 1.807) is 4.90 Å². The van der Waals surface area contributed by atoms with Crippen LogP contribution in [-0.2, 0) is 4.79 Å². The summed E-state index contributed by atoms with van der Waals surface area (Å²) in [7, 11) is 1.54. The number of rotatable bonds is 3. The number of aliphatic carboxylic acids is 1. The second kappa shape index (κ2) is 6.04. The lowest BCUT2D eigenvalue weighted by Crippen LogP contribution is -2.57. The van der Waals surface area contributed by atoms with E-state index in [9.17, 15) is 9.59 Å². The molecule has 104 valence electrons. The number of urea groups is 1. The summed E-state index contributed by atoms with van der Waals surface area (Å²) in [5.41, 5.74) is 0. The minimum atomic E-state index is -0.980. The zero-order valence-electron chi connectivity index (χ0n) is 11.6. The van der Waals surface area contributed by atoms with Crippen LogP contribution >= 0.6 is 0 Å². The van der Waals surface area contributed by atoms with Gasteiger partial charge in [-0.1, -0.05) is 6.92 Å². The Morgan fingerprint density at radius 1 is 1.44 bits per heavy atom. The van der Waals surface area contributed by atoms with Gasteiger partial charge in [0.15, 0.2) is 0 Å². The average Bonchev–Trinajstić information content (AvgIpc) is 2.35. The van der Waals surface area contributed by atoms with Gasteiger partial charge >= 0.3 is 12.0 Å². The molecule has 1 aliphatic heterocycles. The Kier molecular flexibility index (Phi) is 4.95. The Bertz CT molecular complexity index is 322. The van der Waals surface area contributed by atoms with Crippen molar-refractivity contribution in [2.45, 2.75) is 32.9 Å². The lowest BCUT2D eigenvalue weighted by molar-refractivity contribution is -0.141. The third-order valence-corrected chi connectivity index (χ3v) is 3.68. The third kappa shape index (κ3) is 3.13. The van der Waals surface area contributed by atoms with Crippen LogP contribution < -0.4 is 0 Å². The van der Waals surface area contributed by atoms with Crippen LogP contribution in [0.5, 0.6) is 0 Å². The molecule has 1 aliphatic rings. The molecule has 2 amide bonds. The summed E-state index contributed by atoms with van der Waals surface area (Å²) in [5, 5.41) is 8.91. The monoisotopic (exact) mass is 257 g/mol. The summed E-state index contributed by atoms with van der Waals surface area (Å²) in [4.78, 5) is 28.4. The van der Waals surface area contributed by atoms with Crippen molar-refractivity contribution in [3.8, 4) is 0 Å². The molecule has 0 bridgehead atoms. The Morgan fingerprint density at radius 3 is 2.50 bits per heavy atom. The number of hydrogen-bond acceptors (Lipinski definition) is 3. The highest BCUT2D eigenvalue weighted by atomic mass is 16.4. The fourth-order valence-electron chi connectivity index (χ4n) is 2.19. The van der Waals surface area contributed by atoms with Crippen molar-refractivity contribution in [3.63, 3.8) is 0 Å². The van der Waals surface area contributed by atoms with Crippen molar-refractivity contribution in [2.24, 2.45) is 0 Å². The van der Waals surface area contributed by atoms with Crippen molar-refractivity contribution >= 4 is 12.0 Å². The molecule has 0 spiro atoms. The molecule has 0 aromatic carbocycles. The maximum atomic E-state index is 12.2. The number of hydrogen-bond donors (Lipinski definition) is 1. The van der Waals surface area contributed by atoms with Crippen molar-refractivity contribution in [3.05, 3.63) is 0 Å². The third-order valence-electron chi connectivity index (χ3n) is 3.68. The molecule has 2 unspecified atom stereocenters. The molecule has 1 heterocycles. The Morgan fingerprint density at radius 2 is 2.06 bits per heavy atom. The van der Waals surface area contributed by atoms with Gasteiger partial charge in [0.2, 0.25) is 0 Å². The molecule has 0 aromatic heterocycles. The number of carboxylic acids is 1. The smallest absolute Gasteiger partial charge is 0.326 e. The standard InChI is InChI=1S/C12H23N3O3/c1-5-14-6-7-15(8-9(14)2)12(18)13(4)10(3)11(16)17/h9-10H,5-8H2,1-4H3,(H,16,17). The highest BCUT2D eigenvalue weighted by molar-refractivity contribution is 5.82.